The Balaban J connectivity index is 2.17. The Bertz CT molecular complexity index is 355. The van der Waals surface area contributed by atoms with Crippen molar-refractivity contribution in [1.82, 2.24) is 4.98 Å². The molecule has 1 aliphatic carbocycles. The maximum Gasteiger partial charge on any atom is 0.166 e. The van der Waals surface area contributed by atoms with Crippen molar-refractivity contribution in [2.75, 3.05) is 11.2 Å². The third-order valence-corrected chi connectivity index (χ3v) is 3.25. The fraction of sp³-hybridized carbons (Fsp3) is 0.444. The molecule has 1 aromatic rings. The van der Waals surface area contributed by atoms with E-state index in [9.17, 15) is 4.39 Å². The third kappa shape index (κ3) is 2.01. The number of rotatable bonds is 3. The lowest BCUT2D eigenvalue weighted by Crippen LogP contribution is -2.24. The summed E-state index contributed by atoms with van der Waals surface area (Å²) in [6.45, 7) is 0. The molecule has 14 heavy (non-hydrogen) atoms. The molecule has 2 nitrogen and oxygen atoms in total. The maximum absolute atomic E-state index is 13.3. The summed E-state index contributed by atoms with van der Waals surface area (Å²) in [4.78, 5) is 3.96. The third-order valence-electron chi connectivity index (χ3n) is 2.30. The molecule has 0 radical (unpaired) electrons. The highest BCUT2D eigenvalue weighted by atomic mass is 79.9. The molecule has 1 N–H and O–H groups in total. The van der Waals surface area contributed by atoms with Crippen molar-refractivity contribution in [3.8, 4) is 0 Å². The predicted molar refractivity (Wildman–Crippen MR) is 58.2 cm³/mol. The van der Waals surface area contributed by atoms with Gasteiger partial charge in [-0.1, -0.05) is 0 Å². The highest BCUT2D eigenvalue weighted by Gasteiger charge is 2.42. The van der Waals surface area contributed by atoms with Gasteiger partial charge in [0.25, 0.3) is 0 Å². The van der Waals surface area contributed by atoms with Crippen molar-refractivity contribution >= 4 is 33.3 Å². The Morgan fingerprint density at radius 3 is 2.86 bits per heavy atom. The zero-order valence-electron chi connectivity index (χ0n) is 7.36. The van der Waals surface area contributed by atoms with Gasteiger partial charge in [0.2, 0.25) is 0 Å². The summed E-state index contributed by atoms with van der Waals surface area (Å²) in [5.41, 5.74) is -0.122. The van der Waals surface area contributed by atoms with Crippen LogP contribution >= 0.6 is 27.5 Å². The second-order valence-corrected chi connectivity index (χ2v) is 4.71. The summed E-state index contributed by atoms with van der Waals surface area (Å²) in [7, 11) is 0. The average Bonchev–Trinajstić information content (AvgIpc) is 2.91. The number of aromatic nitrogens is 1. The molecule has 0 bridgehead atoms. The van der Waals surface area contributed by atoms with E-state index in [4.69, 9.17) is 11.6 Å². The van der Waals surface area contributed by atoms with Crippen molar-refractivity contribution in [3.05, 3.63) is 22.6 Å². The van der Waals surface area contributed by atoms with Gasteiger partial charge in [0.1, 0.15) is 0 Å². The van der Waals surface area contributed by atoms with Gasteiger partial charge in [-0.2, -0.15) is 0 Å². The number of nitrogens with one attached hydrogen (secondary N) is 1. The number of alkyl halides is 1. The van der Waals surface area contributed by atoms with Crippen molar-refractivity contribution < 1.29 is 4.39 Å². The first kappa shape index (κ1) is 10.2. The van der Waals surface area contributed by atoms with Crippen LogP contribution in [-0.2, 0) is 0 Å². The van der Waals surface area contributed by atoms with Crippen molar-refractivity contribution in [2.24, 2.45) is 0 Å². The van der Waals surface area contributed by atoms with Gasteiger partial charge in [-0.05, 0) is 34.8 Å². The Labute approximate surface area is 95.0 Å². The molecule has 0 aliphatic heterocycles. The molecule has 0 spiro atoms. The van der Waals surface area contributed by atoms with Crippen LogP contribution in [0.25, 0.3) is 0 Å². The zero-order chi connectivity index (χ0) is 10.2. The molecule has 1 aliphatic rings. The van der Waals surface area contributed by atoms with Crippen molar-refractivity contribution in [2.45, 2.75) is 18.4 Å². The lowest BCUT2D eigenvalue weighted by Gasteiger charge is -2.14. The van der Waals surface area contributed by atoms with Gasteiger partial charge in [-0.3, -0.25) is 0 Å². The minimum absolute atomic E-state index is 0.122. The van der Waals surface area contributed by atoms with Crippen molar-refractivity contribution in [1.29, 1.82) is 0 Å². The van der Waals surface area contributed by atoms with Gasteiger partial charge in [0, 0.05) is 16.5 Å². The summed E-state index contributed by atoms with van der Waals surface area (Å²) in [5, 5.41) is 3.04. The van der Waals surface area contributed by atoms with Crippen LogP contribution in [0.3, 0.4) is 0 Å². The van der Waals surface area contributed by atoms with E-state index in [-0.39, 0.29) is 17.2 Å². The van der Waals surface area contributed by atoms with Crippen LogP contribution in [0.2, 0.25) is 0 Å². The molecule has 1 heterocycles. The second-order valence-electron chi connectivity index (χ2n) is 3.52. The lowest BCUT2D eigenvalue weighted by atomic mass is 10.3. The SMILES string of the molecule is Fc1cc(Br)cnc1NC1(CCl)CC1. The molecule has 0 amide bonds. The molecule has 0 saturated heterocycles. The summed E-state index contributed by atoms with van der Waals surface area (Å²) >= 11 is 8.92. The van der Waals surface area contributed by atoms with Crippen LogP contribution in [0.5, 0.6) is 0 Å². The number of hydrogen-bond acceptors (Lipinski definition) is 2. The summed E-state index contributed by atoms with van der Waals surface area (Å²) < 4.78 is 14.0. The molecular formula is C9H9BrClFN2. The topological polar surface area (TPSA) is 24.9 Å². The number of anilines is 1. The minimum atomic E-state index is -0.351. The molecule has 1 fully saturated rings. The Morgan fingerprint density at radius 2 is 2.36 bits per heavy atom. The van der Waals surface area contributed by atoms with Crippen LogP contribution in [-0.4, -0.2) is 16.4 Å². The summed E-state index contributed by atoms with van der Waals surface area (Å²) in [5.74, 6) is 0.423. The first-order chi connectivity index (χ1) is 6.65. The van der Waals surface area contributed by atoms with Crippen molar-refractivity contribution in [3.63, 3.8) is 0 Å². The van der Waals surface area contributed by atoms with E-state index in [0.29, 0.717) is 10.4 Å². The van der Waals surface area contributed by atoms with E-state index in [1.807, 2.05) is 0 Å². The monoisotopic (exact) mass is 278 g/mol. The number of hydrogen-bond donors (Lipinski definition) is 1. The van der Waals surface area contributed by atoms with Gasteiger partial charge < -0.3 is 5.32 Å². The van der Waals surface area contributed by atoms with E-state index in [1.165, 1.54) is 6.07 Å². The van der Waals surface area contributed by atoms with Gasteiger partial charge in [-0.25, -0.2) is 9.37 Å². The fourth-order valence-electron chi connectivity index (χ4n) is 1.20. The summed E-state index contributed by atoms with van der Waals surface area (Å²) in [6.07, 6.45) is 3.52. The molecule has 76 valence electrons. The van der Waals surface area contributed by atoms with E-state index in [2.05, 4.69) is 26.2 Å². The second kappa shape index (κ2) is 3.66. The number of nitrogens with zero attached hydrogens (tertiary/aromatic N) is 1. The summed E-state index contributed by atoms with van der Waals surface area (Å²) in [6, 6.07) is 1.39. The average molecular weight is 280 g/mol. The quantitative estimate of drug-likeness (QED) is 0.860. The first-order valence-electron chi connectivity index (χ1n) is 4.30. The standard InChI is InChI=1S/C9H9BrClFN2/c10-6-3-7(12)8(13-4-6)14-9(5-11)1-2-9/h3-4H,1-2,5H2,(H,13,14). The predicted octanol–water partition coefficient (Wildman–Crippen LogP) is 3.17. The molecule has 1 aromatic heterocycles. The van der Waals surface area contributed by atoms with Crippen LogP contribution in [0.4, 0.5) is 10.2 Å². The van der Waals surface area contributed by atoms with E-state index in [1.54, 1.807) is 6.20 Å². The van der Waals surface area contributed by atoms with Crippen LogP contribution < -0.4 is 5.32 Å². The minimum Gasteiger partial charge on any atom is -0.361 e. The van der Waals surface area contributed by atoms with Crippen LogP contribution in [0.15, 0.2) is 16.7 Å². The maximum atomic E-state index is 13.3. The zero-order valence-corrected chi connectivity index (χ0v) is 9.70. The van der Waals surface area contributed by atoms with Crippen LogP contribution in [0.1, 0.15) is 12.8 Å². The molecule has 1 saturated carbocycles. The van der Waals surface area contributed by atoms with Gasteiger partial charge in [-0.15, -0.1) is 11.6 Å². The fourth-order valence-corrected chi connectivity index (χ4v) is 1.84. The van der Waals surface area contributed by atoms with Crippen LogP contribution in [0, 0.1) is 5.82 Å². The highest BCUT2D eigenvalue weighted by Crippen LogP contribution is 2.39. The van der Waals surface area contributed by atoms with E-state index in [0.717, 1.165) is 12.8 Å². The Kier molecular flexibility index (Phi) is 2.66. The molecule has 2 rings (SSSR count). The Hall–Kier alpha value is -0.350. The number of pyridine rings is 1. The molecule has 0 unspecified atom stereocenters. The molecule has 0 aromatic carbocycles. The van der Waals surface area contributed by atoms with Gasteiger partial charge >= 0.3 is 0 Å². The van der Waals surface area contributed by atoms with E-state index < -0.39 is 0 Å². The van der Waals surface area contributed by atoms with E-state index >= 15 is 0 Å². The largest absolute Gasteiger partial charge is 0.361 e. The Morgan fingerprint density at radius 1 is 1.64 bits per heavy atom. The smallest absolute Gasteiger partial charge is 0.166 e. The normalized spacial score (nSPS) is 17.9. The lowest BCUT2D eigenvalue weighted by molar-refractivity contribution is 0.618. The molecular weight excluding hydrogens is 270 g/mol. The van der Waals surface area contributed by atoms with Gasteiger partial charge in [0.15, 0.2) is 11.6 Å². The molecule has 5 heteroatoms. The first-order valence-corrected chi connectivity index (χ1v) is 5.63. The number of halogens is 3. The molecule has 0 atom stereocenters. The highest BCUT2D eigenvalue weighted by molar-refractivity contribution is 9.10. The van der Waals surface area contributed by atoms with Gasteiger partial charge in [0.05, 0.1) is 5.54 Å².